The van der Waals surface area contributed by atoms with Gasteiger partial charge in [0.1, 0.15) is 5.82 Å². The van der Waals surface area contributed by atoms with Gasteiger partial charge in [0.15, 0.2) is 5.82 Å². The Morgan fingerprint density at radius 3 is 2.42 bits per heavy atom. The summed E-state index contributed by atoms with van der Waals surface area (Å²) in [5.41, 5.74) is 0.618. The summed E-state index contributed by atoms with van der Waals surface area (Å²) in [7, 11) is 0. The summed E-state index contributed by atoms with van der Waals surface area (Å²) in [5, 5.41) is 9.37. The zero-order chi connectivity index (χ0) is 18.6. The van der Waals surface area contributed by atoms with Crippen LogP contribution in [0.3, 0.4) is 0 Å². The minimum atomic E-state index is -4.37. The number of hydrogen-bond donors (Lipinski definition) is 2. The molecule has 3 aromatic rings. The van der Waals surface area contributed by atoms with Gasteiger partial charge >= 0.3 is 6.18 Å². The molecule has 1 aromatic carbocycles. The summed E-state index contributed by atoms with van der Waals surface area (Å²) in [5.74, 6) is 0.530. The van der Waals surface area contributed by atoms with Crippen molar-refractivity contribution in [3.63, 3.8) is 0 Å². The molecule has 2 aromatic heterocycles. The number of carbonyl (C=O) groups excluding carboxylic acids is 1. The van der Waals surface area contributed by atoms with Crippen LogP contribution >= 0.6 is 0 Å². The molecule has 3 rings (SSSR count). The number of halogens is 3. The minimum absolute atomic E-state index is 0.0152. The van der Waals surface area contributed by atoms with E-state index in [1.54, 1.807) is 24.5 Å². The van der Waals surface area contributed by atoms with Gasteiger partial charge in [-0.3, -0.25) is 14.9 Å². The fourth-order valence-corrected chi connectivity index (χ4v) is 2.23. The van der Waals surface area contributed by atoms with Crippen molar-refractivity contribution in [2.24, 2.45) is 0 Å². The number of nitrogens with one attached hydrogen (secondary N) is 2. The van der Waals surface area contributed by atoms with Crippen LogP contribution in [0, 0.1) is 0 Å². The van der Waals surface area contributed by atoms with Gasteiger partial charge in [0, 0.05) is 24.5 Å². The van der Waals surface area contributed by atoms with Crippen LogP contribution in [0.4, 0.5) is 13.2 Å². The summed E-state index contributed by atoms with van der Waals surface area (Å²) >= 11 is 0. The van der Waals surface area contributed by atoms with Crippen molar-refractivity contribution in [2.45, 2.75) is 19.1 Å². The molecule has 134 valence electrons. The Balaban J connectivity index is 1.54. The number of aromatic amines is 1. The van der Waals surface area contributed by atoms with E-state index >= 15 is 0 Å². The molecule has 2 N–H and O–H groups in total. The van der Waals surface area contributed by atoms with E-state index in [1.165, 1.54) is 12.1 Å². The van der Waals surface area contributed by atoms with Crippen molar-refractivity contribution in [3.05, 3.63) is 65.7 Å². The molecule has 0 saturated heterocycles. The van der Waals surface area contributed by atoms with Gasteiger partial charge in [-0.2, -0.15) is 18.3 Å². The number of pyridine rings is 1. The molecule has 2 heterocycles. The van der Waals surface area contributed by atoms with Gasteiger partial charge in [-0.15, -0.1) is 0 Å². The summed E-state index contributed by atoms with van der Waals surface area (Å²) in [6.07, 6.45) is -1.16. The second kappa shape index (κ2) is 7.34. The van der Waals surface area contributed by atoms with E-state index in [1.807, 2.05) is 0 Å². The van der Waals surface area contributed by atoms with E-state index in [9.17, 15) is 18.0 Å². The molecule has 0 spiro atoms. The molecule has 0 unspecified atom stereocenters. The minimum Gasteiger partial charge on any atom is -0.352 e. The van der Waals surface area contributed by atoms with E-state index in [0.717, 1.165) is 17.7 Å². The summed E-state index contributed by atoms with van der Waals surface area (Å²) in [6, 6.07) is 8.13. The highest BCUT2D eigenvalue weighted by Crippen LogP contribution is 2.29. The molecule has 0 saturated carbocycles. The van der Waals surface area contributed by atoms with Crippen molar-refractivity contribution in [2.75, 3.05) is 0 Å². The monoisotopic (exact) mass is 361 g/mol. The topological polar surface area (TPSA) is 83.6 Å². The van der Waals surface area contributed by atoms with Crippen LogP contribution in [0.1, 0.15) is 17.0 Å². The molecule has 0 radical (unpaired) electrons. The van der Waals surface area contributed by atoms with Gasteiger partial charge in [-0.1, -0.05) is 12.1 Å². The van der Waals surface area contributed by atoms with E-state index in [0.29, 0.717) is 17.2 Å². The van der Waals surface area contributed by atoms with Crippen molar-refractivity contribution < 1.29 is 18.0 Å². The first-order valence-electron chi connectivity index (χ1n) is 7.66. The molecule has 0 aliphatic heterocycles. The number of H-pyrrole nitrogens is 1. The standard InChI is InChI=1S/C17H14F3N5O/c18-17(19,20)13-3-1-11(2-4-13)10-22-15(26)9-14-23-16(25-24-14)12-5-7-21-8-6-12/h1-8H,9-10H2,(H,22,26)(H,23,24,25). The fourth-order valence-electron chi connectivity index (χ4n) is 2.23. The third-order valence-electron chi connectivity index (χ3n) is 3.57. The van der Waals surface area contributed by atoms with Gasteiger partial charge in [0.2, 0.25) is 5.91 Å². The molecule has 9 heteroatoms. The van der Waals surface area contributed by atoms with Gasteiger partial charge in [0.05, 0.1) is 12.0 Å². The predicted molar refractivity (Wildman–Crippen MR) is 86.6 cm³/mol. The first kappa shape index (κ1) is 17.6. The third kappa shape index (κ3) is 4.44. The SMILES string of the molecule is O=C(Cc1nc(-c2ccncc2)n[nH]1)NCc1ccc(C(F)(F)F)cc1. The Hall–Kier alpha value is -3.23. The number of aromatic nitrogens is 4. The van der Waals surface area contributed by atoms with Crippen LogP contribution in [-0.2, 0) is 23.9 Å². The van der Waals surface area contributed by atoms with Crippen LogP contribution in [0.5, 0.6) is 0 Å². The van der Waals surface area contributed by atoms with Crippen molar-refractivity contribution in [1.29, 1.82) is 0 Å². The molecule has 26 heavy (non-hydrogen) atoms. The van der Waals surface area contributed by atoms with Crippen LogP contribution in [0.2, 0.25) is 0 Å². The van der Waals surface area contributed by atoms with E-state index in [4.69, 9.17) is 0 Å². The molecular formula is C17H14F3N5O. The van der Waals surface area contributed by atoms with E-state index in [2.05, 4.69) is 25.5 Å². The molecule has 0 aliphatic carbocycles. The lowest BCUT2D eigenvalue weighted by Gasteiger charge is -2.08. The van der Waals surface area contributed by atoms with Crippen molar-refractivity contribution >= 4 is 5.91 Å². The Kier molecular flexibility index (Phi) is 4.97. The lowest BCUT2D eigenvalue weighted by Crippen LogP contribution is -2.25. The number of amides is 1. The van der Waals surface area contributed by atoms with Crippen LogP contribution in [0.15, 0.2) is 48.8 Å². The smallest absolute Gasteiger partial charge is 0.352 e. The van der Waals surface area contributed by atoms with E-state index < -0.39 is 11.7 Å². The second-order valence-corrected chi connectivity index (χ2v) is 5.49. The Labute approximate surface area is 146 Å². The zero-order valence-corrected chi connectivity index (χ0v) is 13.4. The molecule has 0 atom stereocenters. The lowest BCUT2D eigenvalue weighted by atomic mass is 10.1. The van der Waals surface area contributed by atoms with Crippen LogP contribution in [-0.4, -0.2) is 26.1 Å². The number of carbonyl (C=O) groups is 1. The van der Waals surface area contributed by atoms with Crippen LogP contribution in [0.25, 0.3) is 11.4 Å². The Bertz CT molecular complexity index is 875. The largest absolute Gasteiger partial charge is 0.416 e. The highest BCUT2D eigenvalue weighted by molar-refractivity contribution is 5.77. The maximum Gasteiger partial charge on any atom is 0.416 e. The number of nitrogens with zero attached hydrogens (tertiary/aromatic N) is 3. The first-order valence-corrected chi connectivity index (χ1v) is 7.66. The van der Waals surface area contributed by atoms with Gasteiger partial charge in [-0.25, -0.2) is 4.98 Å². The summed E-state index contributed by atoms with van der Waals surface area (Å²) in [6.45, 7) is 0.127. The third-order valence-corrected chi connectivity index (χ3v) is 3.57. The van der Waals surface area contributed by atoms with E-state index in [-0.39, 0.29) is 18.9 Å². The number of benzene rings is 1. The molecular weight excluding hydrogens is 347 g/mol. The van der Waals surface area contributed by atoms with Crippen molar-refractivity contribution in [1.82, 2.24) is 25.5 Å². The second-order valence-electron chi connectivity index (χ2n) is 5.49. The average molecular weight is 361 g/mol. The van der Waals surface area contributed by atoms with Gasteiger partial charge in [0.25, 0.3) is 0 Å². The first-order chi connectivity index (χ1) is 12.4. The number of alkyl halides is 3. The van der Waals surface area contributed by atoms with Crippen LogP contribution < -0.4 is 5.32 Å². The van der Waals surface area contributed by atoms with Gasteiger partial charge < -0.3 is 5.32 Å². The van der Waals surface area contributed by atoms with Gasteiger partial charge in [-0.05, 0) is 29.8 Å². The predicted octanol–water partition coefficient (Wildman–Crippen LogP) is 2.74. The lowest BCUT2D eigenvalue weighted by molar-refractivity contribution is -0.137. The Morgan fingerprint density at radius 1 is 1.08 bits per heavy atom. The fraction of sp³-hybridized carbons (Fsp3) is 0.176. The molecule has 6 nitrogen and oxygen atoms in total. The normalized spacial score (nSPS) is 11.3. The maximum absolute atomic E-state index is 12.5. The molecule has 1 amide bonds. The highest BCUT2D eigenvalue weighted by Gasteiger charge is 2.29. The zero-order valence-electron chi connectivity index (χ0n) is 13.4. The maximum atomic E-state index is 12.5. The molecule has 0 fully saturated rings. The molecule has 0 bridgehead atoms. The summed E-state index contributed by atoms with van der Waals surface area (Å²) < 4.78 is 37.5. The number of rotatable bonds is 5. The van der Waals surface area contributed by atoms with Crippen molar-refractivity contribution in [3.8, 4) is 11.4 Å². The quantitative estimate of drug-likeness (QED) is 0.732. The number of hydrogen-bond acceptors (Lipinski definition) is 4. The average Bonchev–Trinajstić information content (AvgIpc) is 3.09. The summed E-state index contributed by atoms with van der Waals surface area (Å²) in [4.78, 5) is 20.1. The molecule has 0 aliphatic rings. The Morgan fingerprint density at radius 2 is 1.77 bits per heavy atom. The highest BCUT2D eigenvalue weighted by atomic mass is 19.4.